The fourth-order valence-corrected chi connectivity index (χ4v) is 3.62. The first-order valence-corrected chi connectivity index (χ1v) is 8.99. The van der Waals surface area contributed by atoms with Gasteiger partial charge in [0, 0.05) is 6.54 Å². The number of urea groups is 1. The molecule has 24 heavy (non-hydrogen) atoms. The Morgan fingerprint density at radius 1 is 1.42 bits per heavy atom. The van der Waals surface area contributed by atoms with Gasteiger partial charge < -0.3 is 20.1 Å². The molecule has 2 heterocycles. The van der Waals surface area contributed by atoms with E-state index < -0.39 is 0 Å². The normalized spacial score (nSPS) is 22.2. The predicted octanol–water partition coefficient (Wildman–Crippen LogP) is 3.69. The van der Waals surface area contributed by atoms with E-state index >= 15 is 0 Å². The summed E-state index contributed by atoms with van der Waals surface area (Å²) in [5.74, 6) is 0.200. The Hall–Kier alpha value is -2.05. The molecule has 3 rings (SSSR count). The number of carbonyl (C=O) groups is 1. The van der Waals surface area contributed by atoms with Crippen molar-refractivity contribution in [3.05, 3.63) is 52.2 Å². The highest BCUT2D eigenvalue weighted by Gasteiger charge is 2.30. The molecular formula is C18H22N2O3S. The number of amides is 2. The second-order valence-corrected chi connectivity index (χ2v) is 6.94. The van der Waals surface area contributed by atoms with Crippen molar-refractivity contribution < 1.29 is 14.6 Å². The third-order valence-electron chi connectivity index (χ3n) is 4.17. The maximum atomic E-state index is 12.6. The van der Waals surface area contributed by atoms with Crippen molar-refractivity contribution in [3.8, 4) is 5.75 Å². The number of nitrogens with zero attached hydrogens (tertiary/aromatic N) is 1. The van der Waals surface area contributed by atoms with Crippen LogP contribution < -0.4 is 5.32 Å². The molecule has 1 saturated heterocycles. The van der Waals surface area contributed by atoms with E-state index in [0.717, 1.165) is 11.1 Å². The number of hydrogen-bond acceptors (Lipinski definition) is 4. The van der Waals surface area contributed by atoms with Crippen LogP contribution in [0.15, 0.2) is 41.1 Å². The van der Waals surface area contributed by atoms with Gasteiger partial charge >= 0.3 is 6.03 Å². The van der Waals surface area contributed by atoms with Gasteiger partial charge in [0.15, 0.2) is 0 Å². The van der Waals surface area contributed by atoms with Crippen LogP contribution in [-0.4, -0.2) is 35.2 Å². The van der Waals surface area contributed by atoms with Crippen LogP contribution in [0.1, 0.15) is 37.1 Å². The Morgan fingerprint density at radius 2 is 2.25 bits per heavy atom. The molecule has 0 spiro atoms. The second-order valence-electron chi connectivity index (χ2n) is 6.16. The molecule has 128 valence electrons. The average Bonchev–Trinajstić information content (AvgIpc) is 3.08. The van der Waals surface area contributed by atoms with Crippen molar-refractivity contribution in [1.82, 2.24) is 10.2 Å². The lowest BCUT2D eigenvalue weighted by Gasteiger charge is -2.37. The summed E-state index contributed by atoms with van der Waals surface area (Å²) < 4.78 is 5.97. The zero-order chi connectivity index (χ0) is 17.1. The molecule has 3 atom stereocenters. The minimum atomic E-state index is -0.178. The Bertz CT molecular complexity index is 689. The summed E-state index contributed by atoms with van der Waals surface area (Å²) in [7, 11) is 0. The number of phenols is 1. The molecular weight excluding hydrogens is 324 g/mol. The molecule has 1 fully saturated rings. The van der Waals surface area contributed by atoms with Gasteiger partial charge in [-0.05, 0) is 53.9 Å². The largest absolute Gasteiger partial charge is 0.508 e. The number of benzene rings is 1. The fourth-order valence-electron chi connectivity index (χ4n) is 2.91. The lowest BCUT2D eigenvalue weighted by atomic mass is 10.1. The monoisotopic (exact) mass is 346 g/mol. The van der Waals surface area contributed by atoms with E-state index in [9.17, 15) is 9.90 Å². The first kappa shape index (κ1) is 16.8. The molecule has 2 amide bonds. The standard InChI is InChI=1S/C18H22N2O3S/c1-12-9-20(10-17(23-12)15-6-7-24-11-15)18(22)19-13(2)14-4-3-5-16(21)8-14/h3-8,11-13,17,21H,9-10H2,1-2H3,(H,19,22)/t12-,13+,17+/m1/s1. The number of thiophene rings is 1. The minimum absolute atomic E-state index is 0.00882. The molecule has 0 saturated carbocycles. The third kappa shape index (κ3) is 3.88. The number of morpholine rings is 1. The van der Waals surface area contributed by atoms with Crippen LogP contribution in [0.3, 0.4) is 0 Å². The Balaban J connectivity index is 1.65. The van der Waals surface area contributed by atoms with Crippen LogP contribution in [0, 0.1) is 0 Å². The van der Waals surface area contributed by atoms with Crippen molar-refractivity contribution in [1.29, 1.82) is 0 Å². The summed E-state index contributed by atoms with van der Waals surface area (Å²) >= 11 is 1.63. The van der Waals surface area contributed by atoms with E-state index in [-0.39, 0.29) is 30.0 Å². The van der Waals surface area contributed by atoms with Gasteiger partial charge in [-0.15, -0.1) is 0 Å². The van der Waals surface area contributed by atoms with Crippen molar-refractivity contribution in [2.75, 3.05) is 13.1 Å². The SMILES string of the molecule is C[C@@H]1CN(C(=O)N[C@@H](C)c2cccc(O)c2)C[C@@H](c2ccsc2)O1. The molecule has 5 nitrogen and oxygen atoms in total. The number of aromatic hydroxyl groups is 1. The minimum Gasteiger partial charge on any atom is -0.508 e. The van der Waals surface area contributed by atoms with E-state index in [1.165, 1.54) is 0 Å². The summed E-state index contributed by atoms with van der Waals surface area (Å²) in [6.07, 6.45) is -0.0905. The quantitative estimate of drug-likeness (QED) is 0.891. The van der Waals surface area contributed by atoms with Gasteiger partial charge in [0.1, 0.15) is 11.9 Å². The number of nitrogens with one attached hydrogen (secondary N) is 1. The molecule has 6 heteroatoms. The van der Waals surface area contributed by atoms with Gasteiger partial charge in [0.25, 0.3) is 0 Å². The van der Waals surface area contributed by atoms with Crippen LogP contribution in [-0.2, 0) is 4.74 Å². The first-order chi connectivity index (χ1) is 11.5. The molecule has 1 aromatic carbocycles. The van der Waals surface area contributed by atoms with E-state index in [2.05, 4.69) is 10.7 Å². The summed E-state index contributed by atoms with van der Waals surface area (Å²) in [4.78, 5) is 14.4. The molecule has 2 aromatic rings. The average molecular weight is 346 g/mol. The lowest BCUT2D eigenvalue weighted by molar-refractivity contribution is -0.0657. The van der Waals surface area contributed by atoms with Crippen molar-refractivity contribution >= 4 is 17.4 Å². The zero-order valence-corrected chi connectivity index (χ0v) is 14.6. The molecule has 0 aliphatic carbocycles. The lowest BCUT2D eigenvalue weighted by Crippen LogP contribution is -2.50. The van der Waals surface area contributed by atoms with Gasteiger partial charge in [0.2, 0.25) is 0 Å². The molecule has 1 aromatic heterocycles. The first-order valence-electron chi connectivity index (χ1n) is 8.05. The van der Waals surface area contributed by atoms with Crippen LogP contribution >= 0.6 is 11.3 Å². The Labute approximate surface area is 145 Å². The smallest absolute Gasteiger partial charge is 0.318 e. The third-order valence-corrected chi connectivity index (χ3v) is 4.87. The molecule has 2 N–H and O–H groups in total. The highest BCUT2D eigenvalue weighted by atomic mass is 32.1. The van der Waals surface area contributed by atoms with E-state index in [4.69, 9.17) is 4.74 Å². The van der Waals surface area contributed by atoms with Gasteiger partial charge in [-0.25, -0.2) is 4.79 Å². The van der Waals surface area contributed by atoms with Crippen molar-refractivity contribution in [3.63, 3.8) is 0 Å². The topological polar surface area (TPSA) is 61.8 Å². The maximum absolute atomic E-state index is 12.6. The Morgan fingerprint density at radius 3 is 2.96 bits per heavy atom. The number of hydrogen-bond donors (Lipinski definition) is 2. The van der Waals surface area contributed by atoms with E-state index in [1.54, 1.807) is 34.4 Å². The van der Waals surface area contributed by atoms with E-state index in [1.807, 2.05) is 31.4 Å². The Kier molecular flexibility index (Phi) is 5.06. The van der Waals surface area contributed by atoms with Gasteiger partial charge in [-0.3, -0.25) is 0 Å². The number of phenolic OH excluding ortho intramolecular Hbond substituents is 1. The zero-order valence-electron chi connectivity index (χ0n) is 13.8. The highest BCUT2D eigenvalue weighted by Crippen LogP contribution is 2.27. The summed E-state index contributed by atoms with van der Waals surface area (Å²) in [6, 6.07) is 8.70. The summed E-state index contributed by atoms with van der Waals surface area (Å²) in [6.45, 7) is 5.00. The summed E-state index contributed by atoms with van der Waals surface area (Å²) in [5.41, 5.74) is 1.99. The van der Waals surface area contributed by atoms with Gasteiger partial charge in [-0.1, -0.05) is 12.1 Å². The molecule has 1 aliphatic rings. The van der Waals surface area contributed by atoms with Crippen molar-refractivity contribution in [2.45, 2.75) is 32.1 Å². The number of carbonyl (C=O) groups excluding carboxylic acids is 1. The van der Waals surface area contributed by atoms with Crippen LogP contribution in [0.5, 0.6) is 5.75 Å². The summed E-state index contributed by atoms with van der Waals surface area (Å²) in [5, 5.41) is 16.7. The predicted molar refractivity (Wildman–Crippen MR) is 94.2 cm³/mol. The molecule has 0 bridgehead atoms. The number of ether oxygens (including phenoxy) is 1. The second kappa shape index (κ2) is 7.23. The maximum Gasteiger partial charge on any atom is 0.318 e. The van der Waals surface area contributed by atoms with Gasteiger partial charge in [-0.2, -0.15) is 11.3 Å². The van der Waals surface area contributed by atoms with Crippen LogP contribution in [0.2, 0.25) is 0 Å². The number of rotatable bonds is 3. The molecule has 0 radical (unpaired) electrons. The van der Waals surface area contributed by atoms with Crippen LogP contribution in [0.25, 0.3) is 0 Å². The van der Waals surface area contributed by atoms with Gasteiger partial charge in [0.05, 0.1) is 18.7 Å². The molecule has 0 unspecified atom stereocenters. The fraction of sp³-hybridized carbons (Fsp3) is 0.389. The molecule has 1 aliphatic heterocycles. The highest BCUT2D eigenvalue weighted by molar-refractivity contribution is 7.07. The van der Waals surface area contributed by atoms with Crippen molar-refractivity contribution in [2.24, 2.45) is 0 Å². The van der Waals surface area contributed by atoms with Crippen LogP contribution in [0.4, 0.5) is 4.79 Å². The van der Waals surface area contributed by atoms with E-state index in [0.29, 0.717) is 13.1 Å².